The maximum Gasteiger partial charge on any atom is 0.216 e. The molecule has 0 aliphatic carbocycles. The molecule has 0 spiro atoms. The quantitative estimate of drug-likeness (QED) is 0.192. The van der Waals surface area contributed by atoms with E-state index in [4.69, 9.17) is 4.74 Å². The van der Waals surface area contributed by atoms with Crippen LogP contribution >= 0.6 is 0 Å². The second-order valence-electron chi connectivity index (χ2n) is 11.4. The van der Waals surface area contributed by atoms with Crippen molar-refractivity contribution in [2.75, 3.05) is 11.9 Å². The van der Waals surface area contributed by atoms with Gasteiger partial charge in [-0.1, -0.05) is 112 Å². The summed E-state index contributed by atoms with van der Waals surface area (Å²) >= 11 is 0. The van der Waals surface area contributed by atoms with Crippen molar-refractivity contribution < 1.29 is 25.8 Å². The van der Waals surface area contributed by atoms with Crippen molar-refractivity contribution in [1.82, 2.24) is 9.88 Å². The number of aromatic nitrogens is 1. The number of nitrogens with zero attached hydrogens (tertiary/aromatic N) is 3. The van der Waals surface area contributed by atoms with E-state index in [0.717, 1.165) is 11.2 Å². The van der Waals surface area contributed by atoms with Crippen molar-refractivity contribution in [3.8, 4) is 11.6 Å². The number of benzene rings is 5. The summed E-state index contributed by atoms with van der Waals surface area (Å²) in [5, 5.41) is 5.44. The van der Waals surface area contributed by atoms with Crippen LogP contribution in [0.4, 0.5) is 5.69 Å². The zero-order chi connectivity index (χ0) is 30.2. The Bertz CT molecular complexity index is 1970. The molecule has 4 nitrogen and oxygen atoms in total. The Morgan fingerprint density at radius 2 is 1.41 bits per heavy atom. The Morgan fingerprint density at radius 1 is 0.696 bits per heavy atom. The first-order valence-electron chi connectivity index (χ1n) is 15.1. The number of anilines is 1. The minimum absolute atomic E-state index is 0. The number of pyridine rings is 1. The first-order chi connectivity index (χ1) is 22.2. The van der Waals surface area contributed by atoms with Gasteiger partial charge in [0, 0.05) is 39.1 Å². The number of hydrogen-bond donors (Lipinski definition) is 0. The molecule has 0 N–H and O–H groups in total. The van der Waals surface area contributed by atoms with Crippen LogP contribution in [-0.4, -0.2) is 31.7 Å². The molecule has 0 atom stereocenters. The van der Waals surface area contributed by atoms with Gasteiger partial charge in [0.05, 0.1) is 0 Å². The van der Waals surface area contributed by atoms with Gasteiger partial charge in [0.1, 0.15) is 8.07 Å². The summed E-state index contributed by atoms with van der Waals surface area (Å²) in [5.74, 6) is 1.18. The molecule has 0 unspecified atom stereocenters. The zero-order valence-corrected chi connectivity index (χ0v) is 28.4. The molecule has 1 aromatic heterocycles. The van der Waals surface area contributed by atoms with E-state index in [1.54, 1.807) is 6.20 Å². The van der Waals surface area contributed by atoms with E-state index in [0.29, 0.717) is 11.6 Å². The maximum atomic E-state index is 6.19. The van der Waals surface area contributed by atoms with Crippen molar-refractivity contribution in [2.24, 2.45) is 0 Å². The number of fused-ring (bicyclic) bond motifs is 2. The van der Waals surface area contributed by atoms with Crippen LogP contribution in [0.1, 0.15) is 0 Å². The van der Waals surface area contributed by atoms with E-state index < -0.39 is 8.07 Å². The molecule has 0 bridgehead atoms. The zero-order valence-electron chi connectivity index (χ0n) is 25.2. The fourth-order valence-corrected chi connectivity index (χ4v) is 12.1. The van der Waals surface area contributed by atoms with E-state index in [2.05, 4.69) is 155 Å². The van der Waals surface area contributed by atoms with Crippen LogP contribution in [0.3, 0.4) is 0 Å². The molecule has 3 heterocycles. The van der Waals surface area contributed by atoms with Crippen LogP contribution in [0, 0.1) is 18.8 Å². The Hall–Kier alpha value is -4.64. The minimum Gasteiger partial charge on any atom is -0.510 e. The van der Waals surface area contributed by atoms with E-state index in [1.165, 1.54) is 31.7 Å². The van der Waals surface area contributed by atoms with Gasteiger partial charge in [-0.3, -0.25) is 0 Å². The van der Waals surface area contributed by atoms with Crippen LogP contribution < -0.4 is 46.8 Å². The third-order valence-electron chi connectivity index (χ3n) is 8.74. The van der Waals surface area contributed by atoms with Crippen LogP contribution in [0.25, 0.3) is 0 Å². The summed E-state index contributed by atoms with van der Waals surface area (Å²) in [6.45, 7) is 1.98. The van der Waals surface area contributed by atoms with Crippen LogP contribution in [-0.2, 0) is 21.1 Å². The molecule has 7 heteroatoms. The van der Waals surface area contributed by atoms with Crippen LogP contribution in [0.2, 0.25) is 0 Å². The molecule has 0 amide bonds. The van der Waals surface area contributed by atoms with Crippen molar-refractivity contribution in [2.45, 2.75) is 0 Å². The molecule has 2 aliphatic rings. The van der Waals surface area contributed by atoms with Gasteiger partial charge in [-0.05, 0) is 25.5 Å². The van der Waals surface area contributed by atoms with Gasteiger partial charge in [0.15, 0.2) is 6.71 Å². The van der Waals surface area contributed by atoms with Crippen LogP contribution in [0.5, 0.6) is 11.6 Å². The molecule has 0 saturated carbocycles. The van der Waals surface area contributed by atoms with Crippen LogP contribution in [0.15, 0.2) is 152 Å². The van der Waals surface area contributed by atoms with Crippen molar-refractivity contribution >= 4 is 57.6 Å². The molecule has 46 heavy (non-hydrogen) atoms. The van der Waals surface area contributed by atoms with Gasteiger partial charge >= 0.3 is 0 Å². The summed E-state index contributed by atoms with van der Waals surface area (Å²) in [6, 6.07) is 55.2. The fourth-order valence-electron chi connectivity index (χ4n) is 6.89. The predicted octanol–water partition coefficient (Wildman–Crippen LogP) is 3.02. The number of hydrogen-bond acceptors (Lipinski definition) is 4. The average molecular weight is 790 g/mol. The molecule has 0 saturated heterocycles. The molecular weight excluding hydrogens is 760 g/mol. The first-order valence-corrected chi connectivity index (χ1v) is 17.1. The summed E-state index contributed by atoms with van der Waals surface area (Å²) < 4.78 is 6.19. The summed E-state index contributed by atoms with van der Waals surface area (Å²) in [5.41, 5.74) is 4.49. The Morgan fingerprint density at radius 3 is 2.11 bits per heavy atom. The normalized spacial score (nSPS) is 14.3. The summed E-state index contributed by atoms with van der Waals surface area (Å²) in [4.78, 5) is 8.56. The summed E-state index contributed by atoms with van der Waals surface area (Å²) in [6.07, 6.45) is 5.87. The van der Waals surface area contributed by atoms with Gasteiger partial charge in [-0.15, -0.1) is 17.8 Å². The Balaban J connectivity index is 0.00000338. The molecule has 2 aliphatic heterocycles. The monoisotopic (exact) mass is 789 g/mol. The van der Waals surface area contributed by atoms with E-state index in [-0.39, 0.29) is 27.8 Å². The Kier molecular flexibility index (Phi) is 8.25. The van der Waals surface area contributed by atoms with Crippen molar-refractivity contribution in [3.63, 3.8) is 0 Å². The van der Waals surface area contributed by atoms with E-state index in [9.17, 15) is 0 Å². The number of ether oxygens (including phenoxy) is 1. The standard InChI is InChI=1S/C39H29BN3OSi.Pt/c1-42-25-26-43(29-42)31-22-23-38-36(28-31)40(30-13-12-14-32(27-30)44-39-21-10-11-24-41-39)35-19-8-9-20-37(35)45(38,33-15-4-2-5-16-33)34-17-6-3-7-18-34;/h2-26,29H,1H3;/q-3;. The minimum atomic E-state index is -2.74. The van der Waals surface area contributed by atoms with Crippen molar-refractivity contribution in [3.05, 3.63) is 171 Å². The Labute approximate surface area is 286 Å². The maximum absolute atomic E-state index is 6.19. The molecule has 0 fully saturated rings. The smallest absolute Gasteiger partial charge is 0.216 e. The third kappa shape index (κ3) is 5.12. The molecule has 5 aromatic carbocycles. The SMILES string of the molecule is CN1C=CN(c2[c-]c3c(cc2)[Si](c2ccccc2)(c2ccccc2)c2ccccc2B3c2[c-]c(Oc3ccccn3)ccc2)[CH-]1.[Pt]. The van der Waals surface area contributed by atoms with E-state index >= 15 is 0 Å². The van der Waals surface area contributed by atoms with Gasteiger partial charge in [0.2, 0.25) is 5.88 Å². The van der Waals surface area contributed by atoms with Crippen molar-refractivity contribution in [1.29, 1.82) is 0 Å². The molecule has 0 radical (unpaired) electrons. The first kappa shape index (κ1) is 30.0. The summed E-state index contributed by atoms with van der Waals surface area (Å²) in [7, 11) is -0.705. The van der Waals surface area contributed by atoms with E-state index in [1.807, 2.05) is 31.3 Å². The molecule has 8 rings (SSSR count). The fraction of sp³-hybridized carbons (Fsp3) is 0.0256. The van der Waals surface area contributed by atoms with Gasteiger partial charge in [-0.2, -0.15) is 53.1 Å². The topological polar surface area (TPSA) is 28.6 Å². The van der Waals surface area contributed by atoms with Gasteiger partial charge in [-0.25, -0.2) is 4.98 Å². The largest absolute Gasteiger partial charge is 0.510 e. The second-order valence-corrected chi connectivity index (χ2v) is 15.1. The molecule has 226 valence electrons. The molecule has 6 aromatic rings. The van der Waals surface area contributed by atoms with Gasteiger partial charge < -0.3 is 14.5 Å². The average Bonchev–Trinajstić information content (AvgIpc) is 3.54. The third-order valence-corrected chi connectivity index (χ3v) is 13.7. The predicted molar refractivity (Wildman–Crippen MR) is 187 cm³/mol. The second kappa shape index (κ2) is 12.6. The number of rotatable bonds is 6. The molecular formula is C39H29BN3OPtSi-3. The van der Waals surface area contributed by atoms with Gasteiger partial charge in [0.25, 0.3) is 0 Å².